The molecule has 1 fully saturated rings. The highest BCUT2D eigenvalue weighted by Gasteiger charge is 2.32. The van der Waals surface area contributed by atoms with Crippen molar-refractivity contribution in [1.29, 1.82) is 0 Å². The molecule has 2 unspecified atom stereocenters. The van der Waals surface area contributed by atoms with Crippen molar-refractivity contribution in [1.82, 2.24) is 4.90 Å². The fourth-order valence-electron chi connectivity index (χ4n) is 8.67. The number of piperidine rings is 1. The number of benzene rings is 6. The fourth-order valence-corrected chi connectivity index (χ4v) is 8.67. The van der Waals surface area contributed by atoms with E-state index in [0.717, 1.165) is 72.1 Å². The van der Waals surface area contributed by atoms with Gasteiger partial charge in [0.05, 0.1) is 19.2 Å². The lowest BCUT2D eigenvalue weighted by molar-refractivity contribution is 0.183. The molecule has 2 atom stereocenters. The molecule has 0 amide bonds. The molecule has 0 radical (unpaired) electrons. The highest BCUT2D eigenvalue weighted by atomic mass is 79.9. The van der Waals surface area contributed by atoms with Crippen LogP contribution in [0.25, 0.3) is 0 Å². The van der Waals surface area contributed by atoms with Crippen LogP contribution in [0, 0.1) is 11.6 Å². The Kier molecular flexibility index (Phi) is 16.5. The Balaban J connectivity index is 0.000000181. The lowest BCUT2D eigenvalue weighted by atomic mass is 9.97. The van der Waals surface area contributed by atoms with Crippen LogP contribution in [0.2, 0.25) is 0 Å². The van der Waals surface area contributed by atoms with Gasteiger partial charge >= 0.3 is 3.18 Å². The lowest BCUT2D eigenvalue weighted by Gasteiger charge is -2.28. The van der Waals surface area contributed by atoms with E-state index in [9.17, 15) is 19.0 Å². The molecule has 328 valence electrons. The van der Waals surface area contributed by atoms with Gasteiger partial charge in [0.25, 0.3) is 0 Å². The van der Waals surface area contributed by atoms with E-state index in [2.05, 4.69) is 98.4 Å². The third-order valence-electron chi connectivity index (χ3n) is 11.8. The molecule has 0 aliphatic carbocycles. The Labute approximate surface area is 394 Å². The van der Waals surface area contributed by atoms with Gasteiger partial charge in [-0.2, -0.15) is 0 Å². The van der Waals surface area contributed by atoms with Crippen LogP contribution < -0.4 is 19.3 Å². The number of rotatable bonds is 11. The fraction of sp³-hybridized carbons (Fsp3) is 0.280. The van der Waals surface area contributed by atoms with E-state index >= 15 is 0 Å². The Morgan fingerprint density at radius 2 is 1.05 bits per heavy atom. The van der Waals surface area contributed by atoms with Crippen molar-refractivity contribution in [2.45, 2.75) is 57.3 Å². The minimum absolute atomic E-state index is 0.0885. The van der Waals surface area contributed by atoms with E-state index in [4.69, 9.17) is 9.47 Å². The van der Waals surface area contributed by atoms with Crippen LogP contribution >= 0.6 is 47.3 Å². The van der Waals surface area contributed by atoms with Crippen molar-refractivity contribution < 1.29 is 28.5 Å². The minimum Gasteiger partial charge on any atom is -0.508 e. The second kappa shape index (κ2) is 22.4. The largest absolute Gasteiger partial charge is 0.508 e. The third kappa shape index (κ3) is 12.8. The molecule has 0 spiro atoms. The molecule has 6 aromatic carbocycles. The summed E-state index contributed by atoms with van der Waals surface area (Å²) in [7, 11) is 1.70. The van der Waals surface area contributed by atoms with E-state index in [-0.39, 0.29) is 38.4 Å². The minimum atomic E-state index is -0.256. The summed E-state index contributed by atoms with van der Waals surface area (Å²) in [5.74, 6) is 1.82. The molecule has 0 saturated carbocycles. The number of anilines is 2. The van der Waals surface area contributed by atoms with Gasteiger partial charge < -0.3 is 29.5 Å². The molecule has 6 aromatic rings. The number of fused-ring (bicyclic) bond motifs is 2. The Morgan fingerprint density at radius 1 is 0.587 bits per heavy atom. The number of phenolic OH excluding ortho intramolecular Hbond substituents is 2. The smallest absolute Gasteiger partial charge is 0.369 e. The molecule has 3 aliphatic rings. The summed E-state index contributed by atoms with van der Waals surface area (Å²) in [6.07, 6.45) is 5.60. The number of likely N-dealkylation sites (tertiary alicyclic amines) is 1. The van der Waals surface area contributed by atoms with Crippen molar-refractivity contribution in [3.05, 3.63) is 178 Å². The van der Waals surface area contributed by atoms with Gasteiger partial charge in [-0.25, -0.2) is 8.78 Å². The average Bonchev–Trinajstić information content (AvgIpc) is 3.82. The van der Waals surface area contributed by atoms with Gasteiger partial charge in [0, 0.05) is 31.0 Å². The predicted octanol–water partition coefficient (Wildman–Crippen LogP) is 12.7. The van der Waals surface area contributed by atoms with E-state index in [1.54, 1.807) is 43.5 Å². The van der Waals surface area contributed by atoms with Crippen LogP contribution in [0.15, 0.2) is 133 Å². The third-order valence-corrected chi connectivity index (χ3v) is 11.8. The first-order valence-electron chi connectivity index (χ1n) is 21.2. The number of phenols is 2. The second-order valence-electron chi connectivity index (χ2n) is 15.9. The summed E-state index contributed by atoms with van der Waals surface area (Å²) in [5, 5.41) is 19.3. The molecule has 3 heterocycles. The average molecular weight is 1050 g/mol. The summed E-state index contributed by atoms with van der Waals surface area (Å²) in [6, 6.07) is 41.0. The van der Waals surface area contributed by atoms with E-state index in [1.807, 2.05) is 36.4 Å². The predicted molar refractivity (Wildman–Crippen MR) is 262 cm³/mol. The first-order valence-corrected chi connectivity index (χ1v) is 23.9. The van der Waals surface area contributed by atoms with E-state index < -0.39 is 0 Å². The summed E-state index contributed by atoms with van der Waals surface area (Å²) >= 11 is 9.31. The molecule has 1 saturated heterocycles. The van der Waals surface area contributed by atoms with Crippen LogP contribution in [0.3, 0.4) is 0 Å². The molecule has 0 bridgehead atoms. The molecule has 63 heavy (non-hydrogen) atoms. The number of hydrogen-bond donors (Lipinski definition) is 2. The second-order valence-corrected chi connectivity index (χ2v) is 22.3. The number of halogens is 5. The number of nitrogens with zero attached hydrogens (tertiary/aromatic N) is 3. The van der Waals surface area contributed by atoms with Crippen molar-refractivity contribution in [2.75, 3.05) is 43.2 Å². The number of hydrogen-bond acceptors (Lipinski definition) is 7. The summed E-state index contributed by atoms with van der Waals surface area (Å²) in [5.41, 5.74) is 9.13. The van der Waals surface area contributed by atoms with Crippen LogP contribution in [0.4, 0.5) is 20.2 Å². The molecule has 7 nitrogen and oxygen atoms in total. The number of ether oxygens (including phenoxy) is 2. The van der Waals surface area contributed by atoms with E-state index in [0.29, 0.717) is 6.54 Å². The van der Waals surface area contributed by atoms with Crippen LogP contribution in [-0.2, 0) is 25.9 Å². The molecule has 13 heteroatoms. The maximum Gasteiger partial charge on any atom is 0.369 e. The zero-order valence-corrected chi connectivity index (χ0v) is 39.9. The van der Waals surface area contributed by atoms with Crippen molar-refractivity contribution in [2.24, 2.45) is 0 Å². The van der Waals surface area contributed by atoms with Crippen LogP contribution in [-0.4, -0.2) is 51.6 Å². The molecule has 2 N–H and O–H groups in total. The Morgan fingerprint density at radius 3 is 1.57 bits per heavy atom. The molecular formula is C50H51BBr3F2N3O4. The standard InChI is InChI=1S/C29H33FN2O2.C21H18FNO2.BBr3/c1-33-27-13-14-28-23(20-27)21-32(25-9-7-24(30)8-10-25)29(28)19-22-5-11-26(12-6-22)34-18-17-31-15-3-2-4-16-31;22-16-3-5-17(6-4-16)23-13-15-12-19(25)9-10-20(15)21(23)11-14-1-7-18(24)8-2-14;2-1(3)4/h5-14,20,29H,2-4,15-19,21H2,1H3;1-10,12,21,24-25H,11,13H2;. The lowest BCUT2D eigenvalue weighted by Crippen LogP contribution is -2.33. The van der Waals surface area contributed by atoms with Crippen molar-refractivity contribution >= 4 is 61.8 Å². The maximum absolute atomic E-state index is 13.6. The first-order chi connectivity index (χ1) is 30.5. The number of methoxy groups -OCH3 is 1. The van der Waals surface area contributed by atoms with Crippen molar-refractivity contribution in [3.63, 3.8) is 0 Å². The topological polar surface area (TPSA) is 68.6 Å². The summed E-state index contributed by atoms with van der Waals surface area (Å²) < 4.78 is 38.6. The van der Waals surface area contributed by atoms with Gasteiger partial charge in [-0.15, -0.1) is 47.3 Å². The van der Waals surface area contributed by atoms with Crippen LogP contribution in [0.5, 0.6) is 23.0 Å². The van der Waals surface area contributed by atoms with Gasteiger partial charge in [-0.05, 0) is 169 Å². The number of aromatic hydroxyl groups is 2. The molecular weight excluding hydrogens is 995 g/mol. The SMILES string of the molecule is BrB(Br)Br.COc1ccc2c(c1)CN(c1ccc(F)cc1)C2Cc1ccc(OCCN2CCCCC2)cc1.Oc1ccc(CC2c3ccc(O)cc3CN2c2ccc(F)cc2)cc1. The molecule has 9 rings (SSSR count). The Hall–Kier alpha value is -4.56. The first kappa shape index (κ1) is 46.4. The van der Waals surface area contributed by atoms with Gasteiger partial charge in [0.1, 0.15) is 41.2 Å². The Bertz CT molecular complexity index is 2370. The van der Waals surface area contributed by atoms with Gasteiger partial charge in [0.15, 0.2) is 0 Å². The summed E-state index contributed by atoms with van der Waals surface area (Å²) in [4.78, 5) is 7.07. The monoisotopic (exact) mass is 1040 g/mol. The molecule has 0 aromatic heterocycles. The normalized spacial score (nSPS) is 16.5. The maximum atomic E-state index is 13.6. The van der Waals surface area contributed by atoms with E-state index in [1.165, 1.54) is 73.3 Å². The van der Waals surface area contributed by atoms with Crippen LogP contribution in [0.1, 0.15) is 64.7 Å². The summed E-state index contributed by atoms with van der Waals surface area (Å²) in [6.45, 7) is 5.56. The highest BCUT2D eigenvalue weighted by Crippen LogP contribution is 2.42. The quantitative estimate of drug-likeness (QED) is 0.125. The van der Waals surface area contributed by atoms with Gasteiger partial charge in [0.2, 0.25) is 0 Å². The highest BCUT2D eigenvalue weighted by molar-refractivity contribution is 9.69. The zero-order chi connectivity index (χ0) is 44.3. The van der Waals surface area contributed by atoms with Gasteiger partial charge in [-0.1, -0.05) is 42.8 Å². The van der Waals surface area contributed by atoms with Crippen molar-refractivity contribution in [3.8, 4) is 23.0 Å². The molecule has 3 aliphatic heterocycles. The zero-order valence-electron chi connectivity index (χ0n) is 35.2. The van der Waals surface area contributed by atoms with Gasteiger partial charge in [-0.3, -0.25) is 4.90 Å².